The number of nitrogens with zero attached hydrogens (tertiary/aromatic N) is 2. The van der Waals surface area contributed by atoms with Crippen LogP contribution in [-0.4, -0.2) is 4.57 Å². The van der Waals surface area contributed by atoms with Gasteiger partial charge in [0, 0.05) is 53.7 Å². The Kier molecular flexibility index (Phi) is 6.39. The fourth-order valence-corrected chi connectivity index (χ4v) is 8.57. The maximum Gasteiger partial charge on any atom is 0.0542 e. The molecule has 0 spiro atoms. The molecule has 0 saturated carbocycles. The summed E-state index contributed by atoms with van der Waals surface area (Å²) in [5.74, 6) is 0. The largest absolute Gasteiger partial charge is 0.310 e. The second-order valence-electron chi connectivity index (χ2n) is 12.6. The topological polar surface area (TPSA) is 8.17 Å². The number of benzene rings is 8. The first kappa shape index (κ1) is 27.9. The van der Waals surface area contributed by atoms with Crippen molar-refractivity contribution in [3.8, 4) is 16.8 Å². The fraction of sp³-hybridized carbons (Fsp3) is 0. The van der Waals surface area contributed by atoms with E-state index in [2.05, 4.69) is 191 Å². The molecular weight excluding hydrogens is 613 g/mol. The predicted molar refractivity (Wildman–Crippen MR) is 211 cm³/mol. The highest BCUT2D eigenvalue weighted by molar-refractivity contribution is 7.25. The molecule has 10 rings (SSSR count). The number of thiophene rings is 1. The summed E-state index contributed by atoms with van der Waals surface area (Å²) in [6.45, 7) is 0. The van der Waals surface area contributed by atoms with E-state index in [1.165, 1.54) is 63.9 Å². The Bertz CT molecular complexity index is 2830. The Hall–Kier alpha value is -6.16. The van der Waals surface area contributed by atoms with E-state index >= 15 is 0 Å². The molecule has 0 N–H and O–H groups in total. The second kappa shape index (κ2) is 11.2. The lowest BCUT2D eigenvalue weighted by atomic mass is 10.0. The van der Waals surface area contributed by atoms with Gasteiger partial charge in [0.2, 0.25) is 0 Å². The van der Waals surface area contributed by atoms with E-state index in [9.17, 15) is 0 Å². The molecule has 0 fully saturated rings. The maximum absolute atomic E-state index is 2.39. The van der Waals surface area contributed by atoms with Gasteiger partial charge in [-0.15, -0.1) is 11.3 Å². The highest BCUT2D eigenvalue weighted by atomic mass is 32.1. The van der Waals surface area contributed by atoms with Crippen LogP contribution in [0.25, 0.3) is 69.6 Å². The standard InChI is InChI=1S/C46H30N2S/c1-2-12-35(13-3-1)48-43-16-8-6-14-39(43)42-30-38(25-27-44(42)48)47(37-24-20-31-10-4-5-11-33(31)28-37)36-22-18-32(19-23-36)34-21-26-41-40-15-7-9-17-45(40)49-46(41)29-34/h1-30H. The second-order valence-corrected chi connectivity index (χ2v) is 13.7. The minimum atomic E-state index is 1.12. The molecule has 0 unspecified atom stereocenters. The van der Waals surface area contributed by atoms with Crippen LogP contribution in [0.3, 0.4) is 0 Å². The highest BCUT2D eigenvalue weighted by Gasteiger charge is 2.18. The summed E-state index contributed by atoms with van der Waals surface area (Å²) in [6.07, 6.45) is 0. The lowest BCUT2D eigenvalue weighted by Crippen LogP contribution is -2.10. The van der Waals surface area contributed by atoms with Crippen molar-refractivity contribution in [2.24, 2.45) is 0 Å². The summed E-state index contributed by atoms with van der Waals surface area (Å²) in [7, 11) is 0. The maximum atomic E-state index is 2.39. The molecule has 0 amide bonds. The zero-order valence-electron chi connectivity index (χ0n) is 26.6. The van der Waals surface area contributed by atoms with Crippen LogP contribution in [0.5, 0.6) is 0 Å². The first-order valence-corrected chi connectivity index (χ1v) is 17.5. The van der Waals surface area contributed by atoms with E-state index < -0.39 is 0 Å². The molecule has 0 aliphatic carbocycles. The van der Waals surface area contributed by atoms with Crippen molar-refractivity contribution in [1.29, 1.82) is 0 Å². The lowest BCUT2D eigenvalue weighted by molar-refractivity contribution is 1.18. The van der Waals surface area contributed by atoms with E-state index in [1.807, 2.05) is 11.3 Å². The van der Waals surface area contributed by atoms with Gasteiger partial charge in [0.15, 0.2) is 0 Å². The first-order chi connectivity index (χ1) is 24.3. The number of aromatic nitrogens is 1. The van der Waals surface area contributed by atoms with Crippen LogP contribution in [-0.2, 0) is 0 Å². The Labute approximate surface area is 288 Å². The average molecular weight is 643 g/mol. The molecule has 0 aliphatic rings. The van der Waals surface area contributed by atoms with Gasteiger partial charge in [-0.2, -0.15) is 0 Å². The van der Waals surface area contributed by atoms with Gasteiger partial charge in [-0.05, 0) is 94.7 Å². The summed E-state index contributed by atoms with van der Waals surface area (Å²) in [5.41, 5.74) is 9.38. The summed E-state index contributed by atoms with van der Waals surface area (Å²) in [6, 6.07) is 66.2. The smallest absolute Gasteiger partial charge is 0.0542 e. The molecule has 2 heterocycles. The molecule has 2 aromatic heterocycles. The number of para-hydroxylation sites is 2. The van der Waals surface area contributed by atoms with E-state index in [4.69, 9.17) is 0 Å². The van der Waals surface area contributed by atoms with Crippen LogP contribution >= 0.6 is 11.3 Å². The Balaban J connectivity index is 1.12. The van der Waals surface area contributed by atoms with Gasteiger partial charge < -0.3 is 9.47 Å². The van der Waals surface area contributed by atoms with Crippen LogP contribution < -0.4 is 4.90 Å². The number of anilines is 3. The molecule has 0 aliphatic heterocycles. The number of hydrogen-bond acceptors (Lipinski definition) is 2. The van der Waals surface area contributed by atoms with Gasteiger partial charge in [0.1, 0.15) is 0 Å². The molecule has 10 aromatic rings. The summed E-state index contributed by atoms with van der Waals surface area (Å²) in [4.78, 5) is 2.39. The third kappa shape index (κ3) is 4.62. The molecular formula is C46H30N2S. The normalized spacial score (nSPS) is 11.7. The van der Waals surface area contributed by atoms with Gasteiger partial charge in [0.05, 0.1) is 11.0 Å². The highest BCUT2D eigenvalue weighted by Crippen LogP contribution is 2.42. The number of rotatable bonds is 5. The zero-order chi connectivity index (χ0) is 32.3. The molecule has 0 atom stereocenters. The Morgan fingerprint density at radius 3 is 1.88 bits per heavy atom. The van der Waals surface area contributed by atoms with Gasteiger partial charge in [-0.25, -0.2) is 0 Å². The molecule has 0 bridgehead atoms. The van der Waals surface area contributed by atoms with Crippen molar-refractivity contribution in [3.05, 3.63) is 182 Å². The molecule has 2 nitrogen and oxygen atoms in total. The monoisotopic (exact) mass is 642 g/mol. The lowest BCUT2D eigenvalue weighted by Gasteiger charge is -2.26. The molecule has 49 heavy (non-hydrogen) atoms. The van der Waals surface area contributed by atoms with Crippen molar-refractivity contribution in [3.63, 3.8) is 0 Å². The molecule has 0 radical (unpaired) electrons. The number of hydrogen-bond donors (Lipinski definition) is 0. The van der Waals surface area contributed by atoms with Gasteiger partial charge in [-0.1, -0.05) is 109 Å². The van der Waals surface area contributed by atoms with Crippen molar-refractivity contribution in [1.82, 2.24) is 4.57 Å². The van der Waals surface area contributed by atoms with Crippen LogP contribution in [0.15, 0.2) is 182 Å². The minimum Gasteiger partial charge on any atom is -0.310 e. The molecule has 0 saturated heterocycles. The van der Waals surface area contributed by atoms with E-state index in [1.54, 1.807) is 0 Å². The Morgan fingerprint density at radius 2 is 1.00 bits per heavy atom. The van der Waals surface area contributed by atoms with Crippen LogP contribution in [0.4, 0.5) is 17.1 Å². The molecule has 3 heteroatoms. The van der Waals surface area contributed by atoms with Gasteiger partial charge >= 0.3 is 0 Å². The SMILES string of the molecule is c1ccc(-n2c3ccccc3c3cc(N(c4ccc(-c5ccc6c(c5)sc5ccccc56)cc4)c4ccc5ccccc5c4)ccc32)cc1. The van der Waals surface area contributed by atoms with E-state index in [-0.39, 0.29) is 0 Å². The molecule has 8 aromatic carbocycles. The molecule has 230 valence electrons. The third-order valence-electron chi connectivity index (χ3n) is 9.76. The van der Waals surface area contributed by atoms with Crippen molar-refractivity contribution < 1.29 is 0 Å². The van der Waals surface area contributed by atoms with Gasteiger partial charge in [0.25, 0.3) is 0 Å². The van der Waals surface area contributed by atoms with E-state index in [0.717, 1.165) is 22.7 Å². The number of fused-ring (bicyclic) bond motifs is 7. The van der Waals surface area contributed by atoms with Crippen LogP contribution in [0, 0.1) is 0 Å². The van der Waals surface area contributed by atoms with Crippen LogP contribution in [0.1, 0.15) is 0 Å². The van der Waals surface area contributed by atoms with Crippen molar-refractivity contribution >= 4 is 81.1 Å². The summed E-state index contributed by atoms with van der Waals surface area (Å²) in [5, 5.41) is 7.59. The van der Waals surface area contributed by atoms with Crippen LogP contribution in [0.2, 0.25) is 0 Å². The zero-order valence-corrected chi connectivity index (χ0v) is 27.4. The van der Waals surface area contributed by atoms with E-state index in [0.29, 0.717) is 0 Å². The minimum absolute atomic E-state index is 1.12. The summed E-state index contributed by atoms with van der Waals surface area (Å²) >= 11 is 1.87. The predicted octanol–water partition coefficient (Wildman–Crippen LogP) is 13.4. The third-order valence-corrected chi connectivity index (χ3v) is 10.9. The van der Waals surface area contributed by atoms with Gasteiger partial charge in [-0.3, -0.25) is 0 Å². The summed E-state index contributed by atoms with van der Waals surface area (Å²) < 4.78 is 5.03. The first-order valence-electron chi connectivity index (χ1n) is 16.7. The Morgan fingerprint density at radius 1 is 0.367 bits per heavy atom. The van der Waals surface area contributed by atoms with Crippen molar-refractivity contribution in [2.45, 2.75) is 0 Å². The quantitative estimate of drug-likeness (QED) is 0.181. The average Bonchev–Trinajstić information content (AvgIpc) is 3.71. The fourth-order valence-electron chi connectivity index (χ4n) is 7.43. The van der Waals surface area contributed by atoms with Crippen molar-refractivity contribution in [2.75, 3.05) is 4.90 Å².